The third-order valence-corrected chi connectivity index (χ3v) is 1.50. The van der Waals surface area contributed by atoms with Crippen LogP contribution < -0.4 is 0 Å². The van der Waals surface area contributed by atoms with E-state index >= 15 is 0 Å². The third-order valence-electron chi connectivity index (χ3n) is 1.50. The lowest BCUT2D eigenvalue weighted by atomic mass is 10.2. The summed E-state index contributed by atoms with van der Waals surface area (Å²) < 4.78 is 4.58. The highest BCUT2D eigenvalue weighted by molar-refractivity contribution is 5.89. The van der Waals surface area contributed by atoms with Crippen molar-refractivity contribution in [2.75, 3.05) is 7.11 Å². The van der Waals surface area contributed by atoms with E-state index in [9.17, 15) is 4.79 Å². The minimum absolute atomic E-state index is 0.316. The summed E-state index contributed by atoms with van der Waals surface area (Å²) in [4.78, 5) is 15.2. The molecule has 0 saturated carbocycles. The molecule has 1 rings (SSSR count). The highest BCUT2D eigenvalue weighted by Gasteiger charge is 2.05. The van der Waals surface area contributed by atoms with Crippen LogP contribution in [0.3, 0.4) is 0 Å². The molecular weight excluding hydrogens is 178 g/mol. The molecule has 0 unspecified atom stereocenters. The van der Waals surface area contributed by atoms with Crippen molar-refractivity contribution in [3.05, 3.63) is 29.1 Å². The molecule has 0 spiro atoms. The van der Waals surface area contributed by atoms with Crippen molar-refractivity contribution >= 4 is 5.97 Å². The molecule has 3 nitrogen and oxygen atoms in total. The van der Waals surface area contributed by atoms with Gasteiger partial charge in [-0.2, -0.15) is 0 Å². The number of aromatic nitrogens is 1. The number of hydrogen-bond acceptors (Lipinski definition) is 3. The summed E-state index contributed by atoms with van der Waals surface area (Å²) >= 11 is 0. The maximum Gasteiger partial charge on any atom is 0.337 e. The summed E-state index contributed by atoms with van der Waals surface area (Å²) in [5.74, 6) is -0.316. The van der Waals surface area contributed by atoms with Crippen molar-refractivity contribution in [1.29, 1.82) is 0 Å². The van der Waals surface area contributed by atoms with Crippen molar-refractivity contribution < 1.29 is 9.53 Å². The van der Waals surface area contributed by atoms with Crippen LogP contribution in [0.1, 0.15) is 35.6 Å². The van der Waals surface area contributed by atoms with Crippen LogP contribution in [0.5, 0.6) is 0 Å². The molecule has 0 N–H and O–H groups in total. The highest BCUT2D eigenvalue weighted by atomic mass is 16.5. The highest BCUT2D eigenvalue weighted by Crippen LogP contribution is 2.05. The number of aryl methyl sites for hydroxylation is 2. The molecule has 1 heterocycles. The fourth-order valence-corrected chi connectivity index (χ4v) is 1.07. The molecule has 0 amide bonds. The van der Waals surface area contributed by atoms with E-state index in [-0.39, 0.29) is 5.97 Å². The maximum atomic E-state index is 11.1. The van der Waals surface area contributed by atoms with Crippen molar-refractivity contribution in [3.63, 3.8) is 0 Å². The Balaban J connectivity index is 0.000000791. The molecule has 0 bridgehead atoms. The van der Waals surface area contributed by atoms with Gasteiger partial charge in [0, 0.05) is 11.4 Å². The van der Waals surface area contributed by atoms with Gasteiger partial charge >= 0.3 is 5.97 Å². The molecule has 78 valence electrons. The van der Waals surface area contributed by atoms with Crippen molar-refractivity contribution in [1.82, 2.24) is 4.98 Å². The van der Waals surface area contributed by atoms with Crippen LogP contribution in [0.4, 0.5) is 0 Å². The summed E-state index contributed by atoms with van der Waals surface area (Å²) in [7, 11) is 1.37. The molecule has 0 aliphatic heterocycles. The molecule has 1 aromatic heterocycles. The second-order valence-electron chi connectivity index (χ2n) is 2.63. The van der Waals surface area contributed by atoms with Crippen LogP contribution in [-0.4, -0.2) is 18.1 Å². The Labute approximate surface area is 85.1 Å². The number of esters is 1. The van der Waals surface area contributed by atoms with Crippen molar-refractivity contribution in [2.45, 2.75) is 27.7 Å². The largest absolute Gasteiger partial charge is 0.465 e. The monoisotopic (exact) mass is 195 g/mol. The lowest BCUT2D eigenvalue weighted by Gasteiger charge is -2.01. The standard InChI is InChI=1S/C9H11NO2.C2H6/c1-6-4-8(9(11)12-3)5-7(2)10-6;1-2/h4-5H,1-3H3;1-2H3. The zero-order valence-electron chi connectivity index (χ0n) is 9.42. The number of carbonyl (C=O) groups excluding carboxylic acids is 1. The molecular formula is C11H17NO2. The number of rotatable bonds is 1. The first kappa shape index (κ1) is 12.6. The van der Waals surface area contributed by atoms with Crippen molar-refractivity contribution in [2.24, 2.45) is 0 Å². The number of methoxy groups -OCH3 is 1. The Hall–Kier alpha value is -1.38. The van der Waals surface area contributed by atoms with Gasteiger partial charge in [-0.3, -0.25) is 4.98 Å². The summed E-state index contributed by atoms with van der Waals surface area (Å²) in [6.07, 6.45) is 0. The van der Waals surface area contributed by atoms with E-state index in [1.165, 1.54) is 7.11 Å². The predicted octanol–water partition coefficient (Wildman–Crippen LogP) is 2.51. The van der Waals surface area contributed by atoms with E-state index in [0.29, 0.717) is 5.56 Å². The van der Waals surface area contributed by atoms with E-state index in [4.69, 9.17) is 0 Å². The zero-order chi connectivity index (χ0) is 11.1. The number of nitrogens with zero attached hydrogens (tertiary/aromatic N) is 1. The van der Waals surface area contributed by atoms with E-state index in [1.54, 1.807) is 12.1 Å². The Morgan fingerprint density at radius 2 is 1.64 bits per heavy atom. The second kappa shape index (κ2) is 6.13. The predicted molar refractivity (Wildman–Crippen MR) is 56.4 cm³/mol. The van der Waals surface area contributed by atoms with Crippen LogP contribution in [-0.2, 0) is 4.74 Å². The van der Waals surface area contributed by atoms with Gasteiger partial charge in [-0.1, -0.05) is 13.8 Å². The Kier molecular flexibility index (Phi) is 5.53. The topological polar surface area (TPSA) is 39.2 Å². The fraction of sp³-hybridized carbons (Fsp3) is 0.455. The average Bonchev–Trinajstić information content (AvgIpc) is 2.18. The summed E-state index contributed by atoms with van der Waals surface area (Å²) in [5.41, 5.74) is 2.22. The number of carbonyl (C=O) groups is 1. The molecule has 3 heteroatoms. The summed E-state index contributed by atoms with van der Waals surface area (Å²) in [6, 6.07) is 3.41. The van der Waals surface area contributed by atoms with Gasteiger partial charge in [0.25, 0.3) is 0 Å². The molecule has 0 radical (unpaired) electrons. The van der Waals surface area contributed by atoms with Gasteiger partial charge in [0.1, 0.15) is 0 Å². The van der Waals surface area contributed by atoms with Crippen LogP contribution in [0.2, 0.25) is 0 Å². The van der Waals surface area contributed by atoms with Gasteiger partial charge in [0.2, 0.25) is 0 Å². The second-order valence-corrected chi connectivity index (χ2v) is 2.63. The quantitative estimate of drug-likeness (QED) is 0.646. The summed E-state index contributed by atoms with van der Waals surface area (Å²) in [5, 5.41) is 0. The first-order valence-electron chi connectivity index (χ1n) is 4.67. The van der Waals surface area contributed by atoms with E-state index in [1.807, 2.05) is 27.7 Å². The fourth-order valence-electron chi connectivity index (χ4n) is 1.07. The zero-order valence-corrected chi connectivity index (χ0v) is 9.42. The van der Waals surface area contributed by atoms with Gasteiger partial charge in [-0.05, 0) is 26.0 Å². The van der Waals surface area contributed by atoms with Gasteiger partial charge < -0.3 is 4.74 Å². The van der Waals surface area contributed by atoms with Gasteiger partial charge in [-0.25, -0.2) is 4.79 Å². The number of pyridine rings is 1. The molecule has 1 aromatic rings. The normalized spacial score (nSPS) is 8.64. The van der Waals surface area contributed by atoms with Crippen molar-refractivity contribution in [3.8, 4) is 0 Å². The van der Waals surface area contributed by atoms with E-state index in [0.717, 1.165) is 11.4 Å². The van der Waals surface area contributed by atoms with Gasteiger partial charge in [0.15, 0.2) is 0 Å². The number of ether oxygens (including phenoxy) is 1. The average molecular weight is 195 g/mol. The molecule has 0 aliphatic rings. The van der Waals surface area contributed by atoms with Crippen LogP contribution >= 0.6 is 0 Å². The number of hydrogen-bond donors (Lipinski definition) is 0. The minimum Gasteiger partial charge on any atom is -0.465 e. The van der Waals surface area contributed by atoms with Crippen LogP contribution in [0.25, 0.3) is 0 Å². The first-order chi connectivity index (χ1) is 6.63. The van der Waals surface area contributed by atoms with Crippen LogP contribution in [0, 0.1) is 13.8 Å². The smallest absolute Gasteiger partial charge is 0.337 e. The first-order valence-corrected chi connectivity index (χ1v) is 4.67. The minimum atomic E-state index is -0.316. The lowest BCUT2D eigenvalue weighted by molar-refractivity contribution is 0.0600. The molecule has 14 heavy (non-hydrogen) atoms. The Bertz CT molecular complexity index is 288. The Morgan fingerprint density at radius 1 is 1.21 bits per heavy atom. The lowest BCUT2D eigenvalue weighted by Crippen LogP contribution is -2.03. The SMILES string of the molecule is CC.COC(=O)c1cc(C)nc(C)c1. The Morgan fingerprint density at radius 3 is 2.00 bits per heavy atom. The van der Waals surface area contributed by atoms with E-state index < -0.39 is 0 Å². The molecule has 0 saturated heterocycles. The molecule has 0 aliphatic carbocycles. The molecule has 0 fully saturated rings. The molecule has 0 atom stereocenters. The van der Waals surface area contributed by atoms with Gasteiger partial charge in [0.05, 0.1) is 12.7 Å². The maximum absolute atomic E-state index is 11.1. The third kappa shape index (κ3) is 3.56. The van der Waals surface area contributed by atoms with Gasteiger partial charge in [-0.15, -0.1) is 0 Å². The van der Waals surface area contributed by atoms with E-state index in [2.05, 4.69) is 9.72 Å². The summed E-state index contributed by atoms with van der Waals surface area (Å²) in [6.45, 7) is 7.69. The molecule has 0 aromatic carbocycles. The van der Waals surface area contributed by atoms with Crippen LogP contribution in [0.15, 0.2) is 12.1 Å².